The van der Waals surface area contributed by atoms with Crippen molar-refractivity contribution in [2.45, 2.75) is 13.3 Å². The van der Waals surface area contributed by atoms with Gasteiger partial charge in [0.05, 0.1) is 12.8 Å². The second-order valence-electron chi connectivity index (χ2n) is 4.01. The van der Waals surface area contributed by atoms with E-state index in [0.29, 0.717) is 11.7 Å². The van der Waals surface area contributed by atoms with E-state index in [2.05, 4.69) is 12.2 Å². The Kier molecular flexibility index (Phi) is 2.62. The predicted molar refractivity (Wildman–Crippen MR) is 58.9 cm³/mol. The monoisotopic (exact) mass is 205 g/mol. The fraction of sp³-hybridized carbons (Fsp3) is 0.417. The Labute approximate surface area is 89.4 Å². The Morgan fingerprint density at radius 1 is 1.47 bits per heavy atom. The van der Waals surface area contributed by atoms with Gasteiger partial charge < -0.3 is 10.1 Å². The zero-order chi connectivity index (χ0) is 10.8. The maximum absolute atomic E-state index is 11.7. The van der Waals surface area contributed by atoms with Gasteiger partial charge in [-0.3, -0.25) is 4.79 Å². The second-order valence-corrected chi connectivity index (χ2v) is 4.01. The molecule has 0 aliphatic heterocycles. The van der Waals surface area contributed by atoms with Crippen molar-refractivity contribution in [1.29, 1.82) is 0 Å². The van der Waals surface area contributed by atoms with Crippen LogP contribution in [0, 0.1) is 11.8 Å². The number of carbonyl (C=O) groups is 1. The molecule has 2 rings (SSSR count). The fourth-order valence-electron chi connectivity index (χ4n) is 1.66. The van der Waals surface area contributed by atoms with Crippen molar-refractivity contribution in [2.75, 3.05) is 12.4 Å². The largest absolute Gasteiger partial charge is 0.495 e. The smallest absolute Gasteiger partial charge is 0.227 e. The van der Waals surface area contributed by atoms with Crippen LogP contribution in [0.2, 0.25) is 0 Å². The minimum Gasteiger partial charge on any atom is -0.495 e. The molecule has 80 valence electrons. The third kappa shape index (κ3) is 2.12. The highest BCUT2D eigenvalue weighted by atomic mass is 16.5. The van der Waals surface area contributed by atoms with Gasteiger partial charge in [0, 0.05) is 5.92 Å². The number of hydrogen-bond donors (Lipinski definition) is 1. The van der Waals surface area contributed by atoms with Crippen molar-refractivity contribution in [3.63, 3.8) is 0 Å². The molecule has 1 aliphatic rings. The number of benzene rings is 1. The molecule has 2 atom stereocenters. The Morgan fingerprint density at radius 2 is 2.13 bits per heavy atom. The summed E-state index contributed by atoms with van der Waals surface area (Å²) in [5, 5.41) is 2.89. The molecule has 1 amide bonds. The Bertz CT molecular complexity index is 376. The minimum absolute atomic E-state index is 0.104. The van der Waals surface area contributed by atoms with Crippen LogP contribution in [-0.4, -0.2) is 13.0 Å². The molecule has 1 aromatic carbocycles. The molecule has 0 spiro atoms. The summed E-state index contributed by atoms with van der Waals surface area (Å²) in [4.78, 5) is 11.7. The quantitative estimate of drug-likeness (QED) is 0.822. The summed E-state index contributed by atoms with van der Waals surface area (Å²) in [7, 11) is 1.60. The molecule has 3 nitrogen and oxygen atoms in total. The van der Waals surface area contributed by atoms with Crippen LogP contribution in [0.5, 0.6) is 5.75 Å². The number of para-hydroxylation sites is 2. The molecule has 0 unspecified atom stereocenters. The van der Waals surface area contributed by atoms with Crippen LogP contribution in [0.1, 0.15) is 13.3 Å². The van der Waals surface area contributed by atoms with E-state index in [1.165, 1.54) is 0 Å². The number of rotatable bonds is 3. The first-order valence-electron chi connectivity index (χ1n) is 5.16. The fourth-order valence-corrected chi connectivity index (χ4v) is 1.66. The van der Waals surface area contributed by atoms with Crippen LogP contribution in [0.25, 0.3) is 0 Å². The lowest BCUT2D eigenvalue weighted by Crippen LogP contribution is -2.14. The first-order chi connectivity index (χ1) is 7.22. The lowest BCUT2D eigenvalue weighted by Gasteiger charge is -2.09. The number of ether oxygens (including phenoxy) is 1. The average Bonchev–Trinajstić information content (AvgIpc) is 2.96. The van der Waals surface area contributed by atoms with Crippen molar-refractivity contribution in [3.05, 3.63) is 24.3 Å². The van der Waals surface area contributed by atoms with Gasteiger partial charge in [-0.1, -0.05) is 19.1 Å². The molecule has 0 radical (unpaired) electrons. The van der Waals surface area contributed by atoms with Crippen LogP contribution < -0.4 is 10.1 Å². The number of nitrogens with one attached hydrogen (secondary N) is 1. The minimum atomic E-state index is 0.104. The Hall–Kier alpha value is -1.51. The van der Waals surface area contributed by atoms with E-state index in [4.69, 9.17) is 4.74 Å². The zero-order valence-corrected chi connectivity index (χ0v) is 8.99. The van der Waals surface area contributed by atoms with Gasteiger partial charge in [0.25, 0.3) is 0 Å². The number of amides is 1. The van der Waals surface area contributed by atoms with Gasteiger partial charge in [-0.15, -0.1) is 0 Å². The maximum Gasteiger partial charge on any atom is 0.227 e. The van der Waals surface area contributed by atoms with Crippen molar-refractivity contribution in [2.24, 2.45) is 11.8 Å². The molecule has 1 aliphatic carbocycles. The number of methoxy groups -OCH3 is 1. The Balaban J connectivity index is 2.06. The summed E-state index contributed by atoms with van der Waals surface area (Å²) in [5.74, 6) is 1.53. The molecule has 1 N–H and O–H groups in total. The van der Waals surface area contributed by atoms with Gasteiger partial charge in [0.15, 0.2) is 0 Å². The van der Waals surface area contributed by atoms with Gasteiger partial charge in [-0.25, -0.2) is 0 Å². The summed E-state index contributed by atoms with van der Waals surface area (Å²) >= 11 is 0. The highest BCUT2D eigenvalue weighted by molar-refractivity contribution is 5.95. The summed E-state index contributed by atoms with van der Waals surface area (Å²) in [6.07, 6.45) is 1.00. The summed E-state index contributed by atoms with van der Waals surface area (Å²) in [5.41, 5.74) is 0.754. The number of carbonyl (C=O) groups excluding carboxylic acids is 1. The van der Waals surface area contributed by atoms with E-state index >= 15 is 0 Å². The topological polar surface area (TPSA) is 38.3 Å². The first kappa shape index (κ1) is 10.0. The molecular weight excluding hydrogens is 190 g/mol. The molecule has 1 saturated carbocycles. The molecule has 15 heavy (non-hydrogen) atoms. The maximum atomic E-state index is 11.7. The molecule has 3 heteroatoms. The number of anilines is 1. The number of hydrogen-bond acceptors (Lipinski definition) is 2. The van der Waals surface area contributed by atoms with Crippen LogP contribution in [0.3, 0.4) is 0 Å². The van der Waals surface area contributed by atoms with E-state index in [-0.39, 0.29) is 11.8 Å². The van der Waals surface area contributed by atoms with E-state index in [1.54, 1.807) is 7.11 Å². The molecule has 0 aromatic heterocycles. The normalized spacial score (nSPS) is 23.3. The molecule has 1 aromatic rings. The van der Waals surface area contributed by atoms with Crippen LogP contribution in [0.15, 0.2) is 24.3 Å². The molecule has 0 heterocycles. The second kappa shape index (κ2) is 3.93. The van der Waals surface area contributed by atoms with Crippen LogP contribution >= 0.6 is 0 Å². The summed E-state index contributed by atoms with van der Waals surface area (Å²) < 4.78 is 5.16. The summed E-state index contributed by atoms with van der Waals surface area (Å²) in [6.45, 7) is 2.09. The molecule has 0 bridgehead atoms. The highest BCUT2D eigenvalue weighted by Crippen LogP contribution is 2.39. The zero-order valence-electron chi connectivity index (χ0n) is 8.99. The van der Waals surface area contributed by atoms with Gasteiger partial charge in [-0.05, 0) is 24.5 Å². The molecule has 0 saturated heterocycles. The van der Waals surface area contributed by atoms with E-state index in [0.717, 1.165) is 12.1 Å². The van der Waals surface area contributed by atoms with Crippen molar-refractivity contribution < 1.29 is 9.53 Å². The van der Waals surface area contributed by atoms with E-state index < -0.39 is 0 Å². The molecular formula is C12H15NO2. The van der Waals surface area contributed by atoms with Crippen molar-refractivity contribution in [3.8, 4) is 5.75 Å². The summed E-state index contributed by atoms with van der Waals surface area (Å²) in [6, 6.07) is 7.46. The standard InChI is InChI=1S/C12H15NO2/c1-8-7-9(8)12(14)13-10-5-3-4-6-11(10)15-2/h3-6,8-9H,7H2,1-2H3,(H,13,14)/t8-,9+/m0/s1. The SMILES string of the molecule is COc1ccccc1NC(=O)[C@@H]1C[C@@H]1C. The van der Waals surface area contributed by atoms with Gasteiger partial charge in [0.2, 0.25) is 5.91 Å². The Morgan fingerprint density at radius 3 is 2.73 bits per heavy atom. The van der Waals surface area contributed by atoms with E-state index in [9.17, 15) is 4.79 Å². The van der Waals surface area contributed by atoms with Gasteiger partial charge in [0.1, 0.15) is 5.75 Å². The molecule has 1 fully saturated rings. The van der Waals surface area contributed by atoms with Crippen LogP contribution in [-0.2, 0) is 4.79 Å². The van der Waals surface area contributed by atoms with Crippen molar-refractivity contribution in [1.82, 2.24) is 0 Å². The van der Waals surface area contributed by atoms with Crippen molar-refractivity contribution >= 4 is 11.6 Å². The third-order valence-electron chi connectivity index (χ3n) is 2.81. The first-order valence-corrected chi connectivity index (χ1v) is 5.16. The highest BCUT2D eigenvalue weighted by Gasteiger charge is 2.39. The van der Waals surface area contributed by atoms with Crippen LogP contribution in [0.4, 0.5) is 5.69 Å². The van der Waals surface area contributed by atoms with E-state index in [1.807, 2.05) is 24.3 Å². The van der Waals surface area contributed by atoms with Gasteiger partial charge in [-0.2, -0.15) is 0 Å². The predicted octanol–water partition coefficient (Wildman–Crippen LogP) is 2.29. The average molecular weight is 205 g/mol. The lowest BCUT2D eigenvalue weighted by molar-refractivity contribution is -0.117. The van der Waals surface area contributed by atoms with Gasteiger partial charge >= 0.3 is 0 Å². The third-order valence-corrected chi connectivity index (χ3v) is 2.81. The lowest BCUT2D eigenvalue weighted by atomic mass is 10.2.